The minimum atomic E-state index is 0.622. The predicted octanol–water partition coefficient (Wildman–Crippen LogP) is 11.3. The van der Waals surface area contributed by atoms with Crippen LogP contribution in [0, 0.1) is 11.3 Å². The summed E-state index contributed by atoms with van der Waals surface area (Å²) in [6, 6.07) is 55.2. The highest BCUT2D eigenvalue weighted by Gasteiger charge is 2.23. The van der Waals surface area contributed by atoms with Gasteiger partial charge in [-0.15, -0.1) is 0 Å². The third-order valence-corrected chi connectivity index (χ3v) is 9.58. The number of hydrogen-bond acceptors (Lipinski definition) is 2. The molecule has 3 aromatic heterocycles. The van der Waals surface area contributed by atoms with Crippen molar-refractivity contribution in [1.29, 1.82) is 5.26 Å². The van der Waals surface area contributed by atoms with E-state index < -0.39 is 0 Å². The highest BCUT2D eigenvalue weighted by Crippen LogP contribution is 2.44. The van der Waals surface area contributed by atoms with Gasteiger partial charge in [0.2, 0.25) is 0 Å². The van der Waals surface area contributed by atoms with E-state index >= 15 is 0 Å². The number of para-hydroxylation sites is 5. The number of fused-ring (bicyclic) bond motifs is 10. The Kier molecular flexibility index (Phi) is 5.32. The van der Waals surface area contributed by atoms with Crippen molar-refractivity contribution < 1.29 is 4.42 Å². The largest absolute Gasteiger partial charge is 0.455 e. The fourth-order valence-corrected chi connectivity index (χ4v) is 7.66. The zero-order valence-electron chi connectivity index (χ0n) is 25.2. The van der Waals surface area contributed by atoms with Crippen molar-refractivity contribution in [2.45, 2.75) is 0 Å². The van der Waals surface area contributed by atoms with Gasteiger partial charge in [-0.05, 0) is 54.6 Å². The highest BCUT2D eigenvalue weighted by atomic mass is 16.3. The summed E-state index contributed by atoms with van der Waals surface area (Å²) in [4.78, 5) is 0. The molecule has 0 N–H and O–H groups in total. The lowest BCUT2D eigenvalue weighted by Gasteiger charge is -2.19. The Morgan fingerprint density at radius 1 is 0.447 bits per heavy atom. The summed E-state index contributed by atoms with van der Waals surface area (Å²) in [6.07, 6.45) is 0. The molecule has 47 heavy (non-hydrogen) atoms. The van der Waals surface area contributed by atoms with Crippen LogP contribution in [0.2, 0.25) is 0 Å². The molecule has 0 aliphatic rings. The van der Waals surface area contributed by atoms with Crippen LogP contribution < -0.4 is 0 Å². The van der Waals surface area contributed by atoms with Gasteiger partial charge >= 0.3 is 0 Å². The first kappa shape index (κ1) is 25.7. The average molecular weight is 600 g/mol. The number of rotatable bonds is 3. The molecule has 0 atom stereocenters. The molecule has 218 valence electrons. The van der Waals surface area contributed by atoms with Crippen molar-refractivity contribution in [3.8, 4) is 28.6 Å². The van der Waals surface area contributed by atoms with E-state index in [9.17, 15) is 5.26 Å². The second-order valence-electron chi connectivity index (χ2n) is 12.0. The number of benzene rings is 7. The number of aromatic nitrogens is 2. The van der Waals surface area contributed by atoms with Gasteiger partial charge in [-0.3, -0.25) is 0 Å². The molecule has 0 unspecified atom stereocenters. The standard InChI is InChI=1S/C43H25N3O/c44-26-27-12-11-22-38(45-34-18-6-1-13-28(34)29-14-2-7-19-35(29)45)41(27)32-16-3-8-20-36(32)46-37-21-9-4-17-33(37)42-39(46)25-24-31-30-15-5-10-23-40(30)47-43(31)42/h1-25H. The maximum Gasteiger partial charge on any atom is 0.145 e. The first-order valence-corrected chi connectivity index (χ1v) is 15.8. The number of nitriles is 1. The van der Waals surface area contributed by atoms with Crippen LogP contribution in [-0.4, -0.2) is 9.13 Å². The Bertz CT molecular complexity index is 2880. The zero-order valence-corrected chi connectivity index (χ0v) is 25.2. The number of furan rings is 1. The van der Waals surface area contributed by atoms with E-state index in [1.54, 1.807) is 0 Å². The molecule has 4 heteroatoms. The van der Waals surface area contributed by atoms with E-state index in [-0.39, 0.29) is 0 Å². The normalized spacial score (nSPS) is 11.8. The predicted molar refractivity (Wildman–Crippen MR) is 193 cm³/mol. The van der Waals surface area contributed by atoms with Gasteiger partial charge in [0.15, 0.2) is 0 Å². The molecule has 0 spiro atoms. The van der Waals surface area contributed by atoms with Crippen molar-refractivity contribution in [1.82, 2.24) is 9.13 Å². The van der Waals surface area contributed by atoms with Gasteiger partial charge in [-0.1, -0.05) is 97.1 Å². The first-order chi connectivity index (χ1) is 23.3. The Balaban J connectivity index is 1.33. The maximum atomic E-state index is 10.6. The topological polar surface area (TPSA) is 46.8 Å². The maximum absolute atomic E-state index is 10.6. The third kappa shape index (κ3) is 3.51. The Hall–Kier alpha value is -6.57. The monoisotopic (exact) mass is 599 g/mol. The van der Waals surface area contributed by atoms with E-state index in [4.69, 9.17) is 4.42 Å². The lowest BCUT2D eigenvalue weighted by Crippen LogP contribution is -2.03. The van der Waals surface area contributed by atoms with Gasteiger partial charge < -0.3 is 13.6 Å². The molecule has 0 radical (unpaired) electrons. The van der Waals surface area contributed by atoms with Crippen LogP contribution >= 0.6 is 0 Å². The summed E-state index contributed by atoms with van der Waals surface area (Å²) in [5, 5.41) is 17.4. The van der Waals surface area contributed by atoms with Crippen LogP contribution in [0.1, 0.15) is 5.56 Å². The summed E-state index contributed by atoms with van der Waals surface area (Å²) >= 11 is 0. The fraction of sp³-hybridized carbons (Fsp3) is 0. The van der Waals surface area contributed by atoms with E-state index in [1.165, 1.54) is 10.8 Å². The van der Waals surface area contributed by atoms with Crippen LogP contribution in [0.5, 0.6) is 0 Å². The molecule has 10 aromatic rings. The van der Waals surface area contributed by atoms with Crippen LogP contribution in [0.15, 0.2) is 156 Å². The van der Waals surface area contributed by atoms with Gasteiger partial charge in [0.1, 0.15) is 11.2 Å². The van der Waals surface area contributed by atoms with Crippen molar-refractivity contribution >= 4 is 65.6 Å². The second kappa shape index (κ2) is 9.71. The second-order valence-corrected chi connectivity index (χ2v) is 12.0. The van der Waals surface area contributed by atoms with E-state index in [2.05, 4.69) is 143 Å². The summed E-state index contributed by atoms with van der Waals surface area (Å²) in [5.41, 5.74) is 10.6. The van der Waals surface area contributed by atoms with E-state index in [0.717, 1.165) is 77.3 Å². The molecule has 0 bridgehead atoms. The summed E-state index contributed by atoms with van der Waals surface area (Å²) in [5.74, 6) is 0. The van der Waals surface area contributed by atoms with Crippen LogP contribution in [-0.2, 0) is 0 Å². The van der Waals surface area contributed by atoms with Crippen LogP contribution in [0.3, 0.4) is 0 Å². The van der Waals surface area contributed by atoms with Crippen LogP contribution in [0.4, 0.5) is 0 Å². The Labute approximate surface area is 269 Å². The zero-order chi connectivity index (χ0) is 31.1. The van der Waals surface area contributed by atoms with Gasteiger partial charge in [-0.25, -0.2) is 0 Å². The van der Waals surface area contributed by atoms with Crippen molar-refractivity contribution in [2.24, 2.45) is 0 Å². The van der Waals surface area contributed by atoms with Gasteiger partial charge in [0.05, 0.1) is 50.5 Å². The lowest BCUT2D eigenvalue weighted by atomic mass is 9.96. The third-order valence-electron chi connectivity index (χ3n) is 9.58. The molecular formula is C43H25N3O. The minimum Gasteiger partial charge on any atom is -0.455 e. The molecule has 0 aliphatic carbocycles. The van der Waals surface area contributed by atoms with Gasteiger partial charge in [-0.2, -0.15) is 5.26 Å². The summed E-state index contributed by atoms with van der Waals surface area (Å²) in [7, 11) is 0. The first-order valence-electron chi connectivity index (χ1n) is 15.8. The van der Waals surface area contributed by atoms with Crippen molar-refractivity contribution in [2.75, 3.05) is 0 Å². The van der Waals surface area contributed by atoms with Crippen molar-refractivity contribution in [3.63, 3.8) is 0 Å². The summed E-state index contributed by atoms with van der Waals surface area (Å²) < 4.78 is 11.2. The molecule has 0 aliphatic heterocycles. The molecule has 0 saturated heterocycles. The minimum absolute atomic E-state index is 0.622. The van der Waals surface area contributed by atoms with E-state index in [1.807, 2.05) is 24.3 Å². The Morgan fingerprint density at radius 3 is 1.77 bits per heavy atom. The van der Waals surface area contributed by atoms with Crippen LogP contribution in [0.25, 0.3) is 88.1 Å². The van der Waals surface area contributed by atoms with Gasteiger partial charge in [0, 0.05) is 38.1 Å². The van der Waals surface area contributed by atoms with E-state index in [0.29, 0.717) is 5.56 Å². The quantitative estimate of drug-likeness (QED) is 0.203. The molecule has 10 rings (SSSR count). The molecule has 7 aromatic carbocycles. The number of hydrogen-bond donors (Lipinski definition) is 0. The molecular weight excluding hydrogens is 574 g/mol. The highest BCUT2D eigenvalue weighted by molar-refractivity contribution is 6.24. The summed E-state index contributed by atoms with van der Waals surface area (Å²) in [6.45, 7) is 0. The molecule has 0 amide bonds. The van der Waals surface area contributed by atoms with Crippen molar-refractivity contribution in [3.05, 3.63) is 157 Å². The average Bonchev–Trinajstić information content (AvgIpc) is 3.79. The lowest BCUT2D eigenvalue weighted by molar-refractivity contribution is 0.673. The molecule has 0 saturated carbocycles. The molecule has 3 heterocycles. The molecule has 0 fully saturated rings. The smallest absolute Gasteiger partial charge is 0.145 e. The van der Waals surface area contributed by atoms with Gasteiger partial charge in [0.25, 0.3) is 0 Å². The molecule has 4 nitrogen and oxygen atoms in total. The SMILES string of the molecule is N#Cc1cccc(-n2c3ccccc3c3ccccc32)c1-c1ccccc1-n1c2ccccc2c2c3oc4ccccc4c3ccc21. The fourth-order valence-electron chi connectivity index (χ4n) is 7.66. The Morgan fingerprint density at radius 2 is 1.02 bits per heavy atom. The number of nitrogens with zero attached hydrogens (tertiary/aromatic N) is 3.